The number of rotatable bonds is 15. The first-order chi connectivity index (χ1) is 18.7. The SMILES string of the molecule is C=C(CN(CC)CC)C(=O)CC[C@@H](NC(=O)[C@@H](CC(=O)NC)Cc1nc2ccc(Cl)cc2s1)C1CCOCC1. The molecule has 1 saturated heterocycles. The van der Waals surface area contributed by atoms with Crippen LogP contribution >= 0.6 is 22.9 Å². The number of thiazole rings is 1. The molecule has 2 aromatic rings. The van der Waals surface area contributed by atoms with Crippen molar-refractivity contribution in [1.82, 2.24) is 20.5 Å². The van der Waals surface area contributed by atoms with Crippen LogP contribution in [0.5, 0.6) is 0 Å². The normalized spacial score (nSPS) is 15.7. The standard InChI is InChI=1S/C29H41ClN4O4S/c1-5-34(6-2)18-19(3)25(35)10-9-23(20-11-13-38-14-12-20)33-29(37)21(15-27(36)31-4)16-28-32-24-8-7-22(30)17-26(24)39-28/h7-8,17,20-21,23H,3,5-6,9-16,18H2,1-2,4H3,(H,31,36)(H,33,37)/t21-,23+/m0/s1. The van der Waals surface area contributed by atoms with Gasteiger partial charge in [0.1, 0.15) is 0 Å². The Morgan fingerprint density at radius 1 is 1.23 bits per heavy atom. The molecular formula is C29H41ClN4O4S. The number of halogens is 1. The first-order valence-corrected chi connectivity index (χ1v) is 15.0. The molecule has 1 fully saturated rings. The fraction of sp³-hybridized carbons (Fsp3) is 0.586. The van der Waals surface area contributed by atoms with Crippen LogP contribution < -0.4 is 10.6 Å². The second-order valence-corrected chi connectivity index (χ2v) is 11.6. The highest BCUT2D eigenvalue weighted by Gasteiger charge is 2.30. The molecule has 1 aliphatic rings. The smallest absolute Gasteiger partial charge is 0.224 e. The second-order valence-electron chi connectivity index (χ2n) is 10.1. The van der Waals surface area contributed by atoms with Gasteiger partial charge in [0.15, 0.2) is 5.78 Å². The van der Waals surface area contributed by atoms with E-state index in [4.69, 9.17) is 16.3 Å². The molecule has 0 bridgehead atoms. The van der Waals surface area contributed by atoms with E-state index in [-0.39, 0.29) is 36.0 Å². The summed E-state index contributed by atoms with van der Waals surface area (Å²) in [6.45, 7) is 11.7. The highest BCUT2D eigenvalue weighted by Crippen LogP contribution is 2.28. The predicted octanol–water partition coefficient (Wildman–Crippen LogP) is 4.40. The number of carbonyl (C=O) groups is 3. The molecule has 1 aromatic heterocycles. The van der Waals surface area contributed by atoms with Gasteiger partial charge in [-0.3, -0.25) is 19.3 Å². The average Bonchev–Trinajstić information content (AvgIpc) is 3.34. The molecule has 2 amide bonds. The summed E-state index contributed by atoms with van der Waals surface area (Å²) in [6, 6.07) is 5.32. The van der Waals surface area contributed by atoms with E-state index in [0.717, 1.165) is 41.2 Å². The summed E-state index contributed by atoms with van der Waals surface area (Å²) in [5.41, 5.74) is 1.42. The van der Waals surface area contributed by atoms with E-state index in [9.17, 15) is 14.4 Å². The minimum atomic E-state index is -0.586. The third kappa shape index (κ3) is 9.38. The first kappa shape index (κ1) is 31.2. The summed E-state index contributed by atoms with van der Waals surface area (Å²) in [5, 5.41) is 7.27. The maximum absolute atomic E-state index is 13.6. The number of nitrogens with one attached hydrogen (secondary N) is 2. The van der Waals surface area contributed by atoms with Crippen molar-refractivity contribution in [2.24, 2.45) is 11.8 Å². The second kappa shape index (κ2) is 15.5. The number of Topliss-reactive ketones (excluding diaryl/α,β-unsaturated/α-hetero) is 1. The molecular weight excluding hydrogens is 536 g/mol. The summed E-state index contributed by atoms with van der Waals surface area (Å²) >= 11 is 7.62. The molecule has 10 heteroatoms. The Balaban J connectivity index is 1.72. The van der Waals surface area contributed by atoms with Crippen molar-refractivity contribution in [3.05, 3.63) is 40.4 Å². The van der Waals surface area contributed by atoms with Gasteiger partial charge in [-0.25, -0.2) is 4.98 Å². The Kier molecular flexibility index (Phi) is 12.4. The van der Waals surface area contributed by atoms with Crippen LogP contribution in [0.25, 0.3) is 10.2 Å². The zero-order valence-electron chi connectivity index (χ0n) is 23.3. The highest BCUT2D eigenvalue weighted by molar-refractivity contribution is 7.18. The largest absolute Gasteiger partial charge is 0.381 e. The summed E-state index contributed by atoms with van der Waals surface area (Å²) < 4.78 is 6.49. The Morgan fingerprint density at radius 2 is 1.95 bits per heavy atom. The number of ketones is 1. The molecule has 214 valence electrons. The molecule has 1 aliphatic heterocycles. The monoisotopic (exact) mass is 576 g/mol. The molecule has 0 unspecified atom stereocenters. The Bertz CT molecular complexity index is 1140. The van der Waals surface area contributed by atoms with E-state index >= 15 is 0 Å². The Labute approximate surface area is 240 Å². The van der Waals surface area contributed by atoms with Crippen LogP contribution in [0.2, 0.25) is 5.02 Å². The lowest BCUT2D eigenvalue weighted by Gasteiger charge is -2.32. The number of benzene rings is 1. The number of hydrogen-bond acceptors (Lipinski definition) is 7. The molecule has 2 atom stereocenters. The topological polar surface area (TPSA) is 101 Å². The van der Waals surface area contributed by atoms with E-state index in [0.29, 0.717) is 49.6 Å². The number of ether oxygens (including phenoxy) is 1. The van der Waals surface area contributed by atoms with Gasteiger partial charge in [-0.05, 0) is 56.5 Å². The van der Waals surface area contributed by atoms with Crippen molar-refractivity contribution >= 4 is 50.8 Å². The predicted molar refractivity (Wildman–Crippen MR) is 157 cm³/mol. The first-order valence-electron chi connectivity index (χ1n) is 13.8. The quantitative estimate of drug-likeness (QED) is 0.305. The van der Waals surface area contributed by atoms with Crippen LogP contribution in [0.4, 0.5) is 0 Å². The zero-order valence-corrected chi connectivity index (χ0v) is 24.8. The molecule has 0 spiro atoms. The maximum Gasteiger partial charge on any atom is 0.224 e. The maximum atomic E-state index is 13.6. The van der Waals surface area contributed by atoms with Crippen molar-refractivity contribution < 1.29 is 19.1 Å². The minimum absolute atomic E-state index is 0.0308. The van der Waals surface area contributed by atoms with Crippen LogP contribution in [-0.2, 0) is 25.5 Å². The molecule has 0 saturated carbocycles. The summed E-state index contributed by atoms with van der Waals surface area (Å²) in [6.07, 6.45) is 2.88. The lowest BCUT2D eigenvalue weighted by atomic mass is 9.87. The molecule has 2 heterocycles. The number of likely N-dealkylation sites (N-methyl/N-ethyl adjacent to an activating group) is 1. The molecule has 8 nitrogen and oxygen atoms in total. The van der Waals surface area contributed by atoms with Crippen molar-refractivity contribution in [3.63, 3.8) is 0 Å². The fourth-order valence-electron chi connectivity index (χ4n) is 4.94. The van der Waals surface area contributed by atoms with Gasteiger partial charge in [-0.15, -0.1) is 11.3 Å². The summed E-state index contributed by atoms with van der Waals surface area (Å²) in [7, 11) is 1.57. The van der Waals surface area contributed by atoms with Gasteiger partial charge in [0.2, 0.25) is 11.8 Å². The third-order valence-electron chi connectivity index (χ3n) is 7.45. The van der Waals surface area contributed by atoms with Gasteiger partial charge >= 0.3 is 0 Å². The van der Waals surface area contributed by atoms with Crippen LogP contribution in [0.3, 0.4) is 0 Å². The van der Waals surface area contributed by atoms with Crippen molar-refractivity contribution in [3.8, 4) is 0 Å². The van der Waals surface area contributed by atoms with E-state index in [2.05, 4.69) is 40.9 Å². The number of hydrogen-bond donors (Lipinski definition) is 2. The van der Waals surface area contributed by atoms with Gasteiger partial charge in [0.25, 0.3) is 0 Å². The van der Waals surface area contributed by atoms with Gasteiger partial charge in [-0.1, -0.05) is 32.0 Å². The van der Waals surface area contributed by atoms with E-state index in [1.165, 1.54) is 11.3 Å². The molecule has 2 N–H and O–H groups in total. The van der Waals surface area contributed by atoms with Gasteiger partial charge < -0.3 is 15.4 Å². The van der Waals surface area contributed by atoms with Crippen LogP contribution in [0, 0.1) is 11.8 Å². The minimum Gasteiger partial charge on any atom is -0.381 e. The third-order valence-corrected chi connectivity index (χ3v) is 8.72. The summed E-state index contributed by atoms with van der Waals surface area (Å²) in [5.74, 6) is -0.747. The lowest BCUT2D eigenvalue weighted by molar-refractivity contribution is -0.131. The Hall–Kier alpha value is -2.33. The molecule has 0 aliphatic carbocycles. The fourth-order valence-corrected chi connectivity index (χ4v) is 6.26. The Morgan fingerprint density at radius 3 is 2.62 bits per heavy atom. The van der Waals surface area contributed by atoms with Crippen LogP contribution in [0.1, 0.15) is 51.0 Å². The number of fused-ring (bicyclic) bond motifs is 1. The van der Waals surface area contributed by atoms with E-state index in [1.54, 1.807) is 13.1 Å². The van der Waals surface area contributed by atoms with E-state index in [1.807, 2.05) is 12.1 Å². The number of carbonyl (C=O) groups excluding carboxylic acids is 3. The zero-order chi connectivity index (χ0) is 28.4. The van der Waals surface area contributed by atoms with Gasteiger partial charge in [0, 0.05) is 62.7 Å². The van der Waals surface area contributed by atoms with Crippen molar-refractivity contribution in [2.75, 3.05) is 39.9 Å². The molecule has 0 radical (unpaired) electrons. The van der Waals surface area contributed by atoms with Crippen molar-refractivity contribution in [2.45, 2.75) is 58.4 Å². The van der Waals surface area contributed by atoms with E-state index < -0.39 is 5.92 Å². The number of aromatic nitrogens is 1. The molecule has 39 heavy (non-hydrogen) atoms. The lowest BCUT2D eigenvalue weighted by Crippen LogP contribution is -2.46. The number of amides is 2. The van der Waals surface area contributed by atoms with Gasteiger partial charge in [-0.2, -0.15) is 0 Å². The average molecular weight is 577 g/mol. The molecule has 3 rings (SSSR count). The van der Waals surface area contributed by atoms with Crippen LogP contribution in [-0.4, -0.2) is 73.4 Å². The number of nitrogens with zero attached hydrogens (tertiary/aromatic N) is 2. The highest BCUT2D eigenvalue weighted by atomic mass is 35.5. The molecule has 1 aromatic carbocycles. The van der Waals surface area contributed by atoms with Crippen LogP contribution in [0.15, 0.2) is 30.4 Å². The van der Waals surface area contributed by atoms with Crippen molar-refractivity contribution in [1.29, 1.82) is 0 Å². The van der Waals surface area contributed by atoms with Gasteiger partial charge in [0.05, 0.1) is 21.1 Å². The summed E-state index contributed by atoms with van der Waals surface area (Å²) in [4.78, 5) is 45.7.